The van der Waals surface area contributed by atoms with Gasteiger partial charge in [0, 0.05) is 36.0 Å². The maximum absolute atomic E-state index is 13.9. The monoisotopic (exact) mass is 524 g/mol. The number of para-hydroxylation sites is 1. The average molecular weight is 525 g/mol. The number of carbonyl (C=O) groups is 3. The number of H-pyrrole nitrogens is 1. The zero-order valence-corrected chi connectivity index (χ0v) is 22.4. The van der Waals surface area contributed by atoms with E-state index in [2.05, 4.69) is 9.97 Å². The van der Waals surface area contributed by atoms with E-state index < -0.39 is 11.3 Å². The summed E-state index contributed by atoms with van der Waals surface area (Å²) < 4.78 is 5.57. The van der Waals surface area contributed by atoms with Crippen molar-refractivity contribution < 1.29 is 18.8 Å². The lowest BCUT2D eigenvalue weighted by molar-refractivity contribution is -0.141. The summed E-state index contributed by atoms with van der Waals surface area (Å²) in [4.78, 5) is 51.8. The first kappa shape index (κ1) is 25.1. The highest BCUT2D eigenvalue weighted by Crippen LogP contribution is 2.38. The standard InChI is InChI=1S/C31H32N4O4/c1-31(2,3)23(15-26(36)25-13-20-11-7-8-12-24(20)33-25)29(37)34-16-22-14-21(34)17-35(22)30(38)27-28(39-18-32-27)19-9-5-4-6-10-19/h4-13,18,21-23,33H,14-17H2,1-3H3/t21-,22-,23+/m0/s1. The molecule has 2 aliphatic rings. The minimum Gasteiger partial charge on any atom is -0.443 e. The van der Waals surface area contributed by atoms with E-state index in [1.54, 1.807) is 0 Å². The first-order valence-corrected chi connectivity index (χ1v) is 13.4. The van der Waals surface area contributed by atoms with Crippen LogP contribution in [-0.4, -0.2) is 62.5 Å². The van der Waals surface area contributed by atoms with E-state index in [9.17, 15) is 14.4 Å². The lowest BCUT2D eigenvalue weighted by Gasteiger charge is -2.38. The summed E-state index contributed by atoms with van der Waals surface area (Å²) in [5.74, 6) is -0.277. The molecule has 3 atom stereocenters. The average Bonchev–Trinajstić information content (AvgIpc) is 3.73. The Balaban J connectivity index is 1.17. The molecule has 8 nitrogen and oxygen atoms in total. The van der Waals surface area contributed by atoms with Crippen LogP contribution in [0, 0.1) is 11.3 Å². The van der Waals surface area contributed by atoms with Crippen molar-refractivity contribution in [2.45, 2.75) is 45.7 Å². The van der Waals surface area contributed by atoms with Crippen LogP contribution in [0.15, 0.2) is 71.5 Å². The summed E-state index contributed by atoms with van der Waals surface area (Å²) in [7, 11) is 0. The Bertz CT molecular complexity index is 1510. The van der Waals surface area contributed by atoms with Gasteiger partial charge in [0.05, 0.1) is 23.7 Å². The van der Waals surface area contributed by atoms with Gasteiger partial charge in [0.15, 0.2) is 23.6 Å². The Hall–Kier alpha value is -4.20. The van der Waals surface area contributed by atoms with Crippen LogP contribution < -0.4 is 0 Å². The number of aromatic amines is 1. The number of amides is 2. The van der Waals surface area contributed by atoms with Crippen LogP contribution >= 0.6 is 0 Å². The topological polar surface area (TPSA) is 99.5 Å². The number of carbonyl (C=O) groups excluding carboxylic acids is 3. The summed E-state index contributed by atoms with van der Waals surface area (Å²) in [5.41, 5.74) is 2.13. The van der Waals surface area contributed by atoms with Crippen LogP contribution in [0.4, 0.5) is 0 Å². The number of fused-ring (bicyclic) bond motifs is 3. The van der Waals surface area contributed by atoms with E-state index in [4.69, 9.17) is 4.42 Å². The van der Waals surface area contributed by atoms with Crippen molar-refractivity contribution in [2.24, 2.45) is 11.3 Å². The molecule has 2 amide bonds. The molecule has 39 heavy (non-hydrogen) atoms. The highest BCUT2D eigenvalue weighted by atomic mass is 16.3. The quantitative estimate of drug-likeness (QED) is 0.350. The van der Waals surface area contributed by atoms with E-state index in [0.717, 1.165) is 22.9 Å². The highest BCUT2D eigenvalue weighted by molar-refractivity contribution is 6.01. The van der Waals surface area contributed by atoms with Crippen LogP contribution in [0.2, 0.25) is 0 Å². The maximum atomic E-state index is 13.9. The second-order valence-electron chi connectivity index (χ2n) is 11.7. The van der Waals surface area contributed by atoms with Gasteiger partial charge in [-0.1, -0.05) is 69.3 Å². The number of oxazole rings is 1. The molecule has 6 rings (SSSR count). The number of likely N-dealkylation sites (tertiary alicyclic amines) is 2. The lowest BCUT2D eigenvalue weighted by Crippen LogP contribution is -2.53. The second kappa shape index (κ2) is 9.52. The normalized spacial score (nSPS) is 19.6. The summed E-state index contributed by atoms with van der Waals surface area (Å²) >= 11 is 0. The summed E-state index contributed by atoms with van der Waals surface area (Å²) in [6, 6.07) is 18.9. The van der Waals surface area contributed by atoms with Gasteiger partial charge in [-0.3, -0.25) is 14.4 Å². The molecule has 4 heterocycles. The number of piperazine rings is 1. The molecule has 0 radical (unpaired) electrons. The number of hydrogen-bond acceptors (Lipinski definition) is 5. The Morgan fingerprint density at radius 1 is 1.00 bits per heavy atom. The Labute approximate surface area is 227 Å². The highest BCUT2D eigenvalue weighted by Gasteiger charge is 2.50. The number of rotatable bonds is 6. The van der Waals surface area contributed by atoms with E-state index >= 15 is 0 Å². The molecule has 200 valence electrons. The molecule has 0 spiro atoms. The van der Waals surface area contributed by atoms with Gasteiger partial charge in [0.25, 0.3) is 5.91 Å². The Morgan fingerprint density at radius 3 is 2.38 bits per heavy atom. The molecule has 2 aromatic heterocycles. The summed E-state index contributed by atoms with van der Waals surface area (Å²) in [6.45, 7) is 6.93. The van der Waals surface area contributed by atoms with Crippen LogP contribution in [0.5, 0.6) is 0 Å². The number of ketones is 1. The number of benzene rings is 2. The molecule has 1 N–H and O–H groups in total. The number of Topliss-reactive ketones (excluding diaryl/α,β-unsaturated/α-hetero) is 1. The third kappa shape index (κ3) is 4.54. The zero-order valence-electron chi connectivity index (χ0n) is 22.4. The van der Waals surface area contributed by atoms with Crippen molar-refractivity contribution in [2.75, 3.05) is 13.1 Å². The minimum absolute atomic E-state index is 0.0158. The fraction of sp³-hybridized carbons (Fsp3) is 0.355. The van der Waals surface area contributed by atoms with Crippen LogP contribution in [0.25, 0.3) is 22.2 Å². The van der Waals surface area contributed by atoms with Gasteiger partial charge in [-0.25, -0.2) is 4.98 Å². The lowest BCUT2D eigenvalue weighted by atomic mass is 9.76. The minimum atomic E-state index is -0.472. The van der Waals surface area contributed by atoms with Crippen LogP contribution in [0.3, 0.4) is 0 Å². The van der Waals surface area contributed by atoms with Crippen LogP contribution in [-0.2, 0) is 4.79 Å². The SMILES string of the molecule is CC(C)(C)[C@H](CC(=O)c1cc2ccccc2[nH]1)C(=O)N1C[C@@H]2C[C@H]1CN2C(=O)c1ncoc1-c1ccccc1. The third-order valence-electron chi connectivity index (χ3n) is 8.15. The number of nitrogens with zero attached hydrogens (tertiary/aromatic N) is 3. The van der Waals surface area contributed by atoms with E-state index in [0.29, 0.717) is 30.2 Å². The predicted octanol–water partition coefficient (Wildman–Crippen LogP) is 5.18. The Kier molecular flexibility index (Phi) is 6.13. The van der Waals surface area contributed by atoms with Gasteiger partial charge in [-0.05, 0) is 24.0 Å². The smallest absolute Gasteiger partial charge is 0.276 e. The van der Waals surface area contributed by atoms with Crippen molar-refractivity contribution in [3.63, 3.8) is 0 Å². The van der Waals surface area contributed by atoms with Crippen molar-refractivity contribution in [3.05, 3.63) is 78.4 Å². The maximum Gasteiger partial charge on any atom is 0.276 e. The van der Waals surface area contributed by atoms with Gasteiger partial charge in [-0.2, -0.15) is 0 Å². The second-order valence-corrected chi connectivity index (χ2v) is 11.7. The molecule has 2 aliphatic heterocycles. The van der Waals surface area contributed by atoms with Crippen LogP contribution in [0.1, 0.15) is 54.6 Å². The molecule has 4 aromatic rings. The van der Waals surface area contributed by atoms with Gasteiger partial charge >= 0.3 is 0 Å². The zero-order chi connectivity index (χ0) is 27.3. The van der Waals surface area contributed by atoms with E-state index in [-0.39, 0.29) is 36.1 Å². The number of aromatic nitrogens is 2. The fourth-order valence-electron chi connectivity index (χ4n) is 6.00. The first-order chi connectivity index (χ1) is 18.7. The molecule has 2 saturated heterocycles. The van der Waals surface area contributed by atoms with Gasteiger partial charge in [-0.15, -0.1) is 0 Å². The van der Waals surface area contributed by atoms with Crippen molar-refractivity contribution in [1.82, 2.24) is 19.8 Å². The van der Waals surface area contributed by atoms with E-state index in [1.165, 1.54) is 6.39 Å². The molecule has 0 unspecified atom stereocenters. The molecule has 2 aromatic carbocycles. The molecular formula is C31H32N4O4. The van der Waals surface area contributed by atoms with Gasteiger partial charge in [0.1, 0.15) is 0 Å². The molecule has 0 aliphatic carbocycles. The molecular weight excluding hydrogens is 492 g/mol. The van der Waals surface area contributed by atoms with Gasteiger partial charge < -0.3 is 19.2 Å². The first-order valence-electron chi connectivity index (χ1n) is 13.4. The third-order valence-corrected chi connectivity index (χ3v) is 8.15. The largest absolute Gasteiger partial charge is 0.443 e. The number of nitrogens with one attached hydrogen (secondary N) is 1. The number of hydrogen-bond donors (Lipinski definition) is 1. The molecule has 8 heteroatoms. The van der Waals surface area contributed by atoms with Crippen molar-refractivity contribution in [1.29, 1.82) is 0 Å². The fourth-order valence-corrected chi connectivity index (χ4v) is 6.00. The van der Waals surface area contributed by atoms with E-state index in [1.807, 2.05) is 91.2 Å². The molecule has 2 fully saturated rings. The summed E-state index contributed by atoms with van der Waals surface area (Å²) in [6.07, 6.45) is 2.16. The molecule has 2 bridgehead atoms. The summed E-state index contributed by atoms with van der Waals surface area (Å²) in [5, 5.41) is 0.976. The van der Waals surface area contributed by atoms with Gasteiger partial charge in [0.2, 0.25) is 5.91 Å². The predicted molar refractivity (Wildman–Crippen MR) is 147 cm³/mol. The van der Waals surface area contributed by atoms with Crippen molar-refractivity contribution >= 4 is 28.5 Å². The van der Waals surface area contributed by atoms with Crippen molar-refractivity contribution in [3.8, 4) is 11.3 Å². The Morgan fingerprint density at radius 2 is 1.69 bits per heavy atom. The molecule has 0 saturated carbocycles.